The molecule has 1 aromatic carbocycles. The van der Waals surface area contributed by atoms with Crippen molar-refractivity contribution in [1.29, 1.82) is 0 Å². The van der Waals surface area contributed by atoms with Gasteiger partial charge in [0.25, 0.3) is 5.91 Å². The Bertz CT molecular complexity index is 899. The normalized spacial score (nSPS) is 12.8. The molecule has 7 nitrogen and oxygen atoms in total. The molecule has 0 atom stereocenters. The maximum Gasteiger partial charge on any atom is 0.339 e. The lowest BCUT2D eigenvalue weighted by atomic mass is 10.0. The molecule has 0 unspecified atom stereocenters. The van der Waals surface area contributed by atoms with Crippen molar-refractivity contribution in [2.75, 3.05) is 13.2 Å². The molecule has 0 spiro atoms. The number of amides is 1. The van der Waals surface area contributed by atoms with Crippen LogP contribution in [0, 0.1) is 6.92 Å². The quantitative estimate of drug-likeness (QED) is 0.770. The summed E-state index contributed by atoms with van der Waals surface area (Å²) in [5.41, 5.74) is 2.68. The standard InChI is InChI=1S/C18H19NO6/c1-10-14(24-9-15(20)19-8-7-16(21)22)6-5-12-11-3-2-4-13(11)18(23)25-17(10)12/h5-6H,2-4,7-9H2,1H3,(H,19,20)(H,21,22). The molecule has 25 heavy (non-hydrogen) atoms. The van der Waals surface area contributed by atoms with Crippen LogP contribution in [-0.2, 0) is 22.4 Å². The van der Waals surface area contributed by atoms with E-state index in [4.69, 9.17) is 14.3 Å². The monoisotopic (exact) mass is 345 g/mol. The molecular formula is C18H19NO6. The average Bonchev–Trinajstić information content (AvgIpc) is 3.05. The van der Waals surface area contributed by atoms with Crippen molar-refractivity contribution in [3.05, 3.63) is 39.2 Å². The number of carboxylic acids is 1. The highest BCUT2D eigenvalue weighted by atomic mass is 16.5. The third-order valence-corrected chi connectivity index (χ3v) is 4.36. The zero-order chi connectivity index (χ0) is 18.0. The van der Waals surface area contributed by atoms with Crippen LogP contribution in [0.2, 0.25) is 0 Å². The minimum Gasteiger partial charge on any atom is -0.483 e. The van der Waals surface area contributed by atoms with E-state index >= 15 is 0 Å². The van der Waals surface area contributed by atoms with Crippen molar-refractivity contribution < 1.29 is 23.8 Å². The van der Waals surface area contributed by atoms with Crippen LogP contribution in [-0.4, -0.2) is 30.1 Å². The second-order valence-electron chi connectivity index (χ2n) is 6.05. The van der Waals surface area contributed by atoms with Crippen LogP contribution in [0.15, 0.2) is 21.3 Å². The first-order valence-electron chi connectivity index (χ1n) is 8.17. The molecule has 0 saturated heterocycles. The number of ether oxygens (including phenoxy) is 1. The summed E-state index contributed by atoms with van der Waals surface area (Å²) in [5, 5.41) is 11.9. The number of benzene rings is 1. The van der Waals surface area contributed by atoms with Gasteiger partial charge in [-0.15, -0.1) is 0 Å². The molecular weight excluding hydrogens is 326 g/mol. The molecule has 0 saturated carbocycles. The van der Waals surface area contributed by atoms with Crippen molar-refractivity contribution in [3.8, 4) is 5.75 Å². The van der Waals surface area contributed by atoms with Gasteiger partial charge >= 0.3 is 11.6 Å². The van der Waals surface area contributed by atoms with Crippen molar-refractivity contribution in [2.24, 2.45) is 0 Å². The van der Waals surface area contributed by atoms with Crippen LogP contribution < -0.4 is 15.7 Å². The number of rotatable bonds is 6. The largest absolute Gasteiger partial charge is 0.483 e. The summed E-state index contributed by atoms with van der Waals surface area (Å²) < 4.78 is 11.0. The number of aliphatic carboxylic acids is 1. The van der Waals surface area contributed by atoms with Crippen LogP contribution in [0.1, 0.15) is 29.5 Å². The van der Waals surface area contributed by atoms with Gasteiger partial charge in [-0.25, -0.2) is 4.79 Å². The van der Waals surface area contributed by atoms with E-state index < -0.39 is 11.9 Å². The van der Waals surface area contributed by atoms with Gasteiger partial charge in [0.05, 0.1) is 6.42 Å². The van der Waals surface area contributed by atoms with Gasteiger partial charge < -0.3 is 19.6 Å². The maximum absolute atomic E-state index is 12.1. The second-order valence-corrected chi connectivity index (χ2v) is 6.05. The van der Waals surface area contributed by atoms with Gasteiger partial charge in [-0.2, -0.15) is 0 Å². The number of hydrogen-bond donors (Lipinski definition) is 2. The Hall–Kier alpha value is -2.83. The minimum atomic E-state index is -0.978. The number of fused-ring (bicyclic) bond motifs is 3. The van der Waals surface area contributed by atoms with Crippen molar-refractivity contribution >= 4 is 22.8 Å². The number of hydrogen-bond acceptors (Lipinski definition) is 5. The number of carbonyl (C=O) groups excluding carboxylic acids is 1. The summed E-state index contributed by atoms with van der Waals surface area (Å²) in [6.07, 6.45) is 2.43. The van der Waals surface area contributed by atoms with Gasteiger partial charge in [-0.1, -0.05) is 0 Å². The molecule has 1 aliphatic carbocycles. The fraction of sp³-hybridized carbons (Fsp3) is 0.389. The first kappa shape index (κ1) is 17.0. The molecule has 132 valence electrons. The average molecular weight is 345 g/mol. The summed E-state index contributed by atoms with van der Waals surface area (Å²) in [5.74, 6) is -0.924. The number of aryl methyl sites for hydroxylation is 2. The Morgan fingerprint density at radius 1 is 1.28 bits per heavy atom. The Kier molecular flexibility index (Phi) is 4.74. The lowest BCUT2D eigenvalue weighted by Gasteiger charge is -2.12. The number of carboxylic acid groups (broad SMARTS) is 1. The van der Waals surface area contributed by atoms with Gasteiger partial charge in [-0.3, -0.25) is 9.59 Å². The van der Waals surface area contributed by atoms with Gasteiger partial charge in [0.1, 0.15) is 11.3 Å². The fourth-order valence-corrected chi connectivity index (χ4v) is 3.12. The summed E-state index contributed by atoms with van der Waals surface area (Å²) >= 11 is 0. The van der Waals surface area contributed by atoms with Gasteiger partial charge in [-0.05, 0) is 43.9 Å². The molecule has 1 heterocycles. The molecule has 3 rings (SSSR count). The second kappa shape index (κ2) is 6.96. The van der Waals surface area contributed by atoms with Crippen LogP contribution >= 0.6 is 0 Å². The topological polar surface area (TPSA) is 106 Å². The summed E-state index contributed by atoms with van der Waals surface area (Å²) in [4.78, 5) is 34.2. The predicted octanol–water partition coefficient (Wildman–Crippen LogP) is 1.56. The minimum absolute atomic E-state index is 0.0508. The molecule has 0 radical (unpaired) electrons. The van der Waals surface area contributed by atoms with Crippen molar-refractivity contribution in [3.63, 3.8) is 0 Å². The van der Waals surface area contributed by atoms with E-state index in [9.17, 15) is 14.4 Å². The van der Waals surface area contributed by atoms with E-state index in [1.54, 1.807) is 13.0 Å². The first-order valence-corrected chi connectivity index (χ1v) is 8.17. The van der Waals surface area contributed by atoms with Gasteiger partial charge in [0, 0.05) is 23.1 Å². The summed E-state index contributed by atoms with van der Waals surface area (Å²) in [6, 6.07) is 3.62. The van der Waals surface area contributed by atoms with Crippen LogP contribution in [0.3, 0.4) is 0 Å². The molecule has 1 aliphatic rings. The smallest absolute Gasteiger partial charge is 0.339 e. The molecule has 7 heteroatoms. The summed E-state index contributed by atoms with van der Waals surface area (Å²) in [6.45, 7) is 1.60. The van der Waals surface area contributed by atoms with Gasteiger partial charge in [0.15, 0.2) is 6.61 Å². The Morgan fingerprint density at radius 2 is 2.04 bits per heavy atom. The van der Waals surface area contributed by atoms with E-state index in [1.807, 2.05) is 6.07 Å². The Morgan fingerprint density at radius 3 is 2.80 bits per heavy atom. The lowest BCUT2D eigenvalue weighted by molar-refractivity contribution is -0.137. The van der Waals surface area contributed by atoms with Crippen LogP contribution in [0.5, 0.6) is 5.75 Å². The molecule has 0 bridgehead atoms. The van der Waals surface area contributed by atoms with E-state index in [0.29, 0.717) is 16.9 Å². The van der Waals surface area contributed by atoms with Gasteiger partial charge in [0.2, 0.25) is 0 Å². The van der Waals surface area contributed by atoms with Crippen molar-refractivity contribution in [1.82, 2.24) is 5.32 Å². The van der Waals surface area contributed by atoms with Crippen LogP contribution in [0.4, 0.5) is 0 Å². The highest BCUT2D eigenvalue weighted by Gasteiger charge is 2.21. The first-order chi connectivity index (χ1) is 12.0. The van der Waals surface area contributed by atoms with Crippen LogP contribution in [0.25, 0.3) is 11.0 Å². The third kappa shape index (κ3) is 3.50. The number of carbonyl (C=O) groups is 2. The summed E-state index contributed by atoms with van der Waals surface area (Å²) in [7, 11) is 0. The number of nitrogens with one attached hydrogen (secondary N) is 1. The Labute approximate surface area is 143 Å². The fourth-order valence-electron chi connectivity index (χ4n) is 3.12. The van der Waals surface area contributed by atoms with E-state index in [-0.39, 0.29) is 25.2 Å². The highest BCUT2D eigenvalue weighted by molar-refractivity contribution is 5.86. The zero-order valence-corrected chi connectivity index (χ0v) is 13.9. The molecule has 2 aromatic rings. The highest BCUT2D eigenvalue weighted by Crippen LogP contribution is 2.32. The molecule has 1 amide bonds. The van der Waals surface area contributed by atoms with Crippen molar-refractivity contribution in [2.45, 2.75) is 32.6 Å². The van der Waals surface area contributed by atoms with E-state index in [2.05, 4.69) is 5.32 Å². The van der Waals surface area contributed by atoms with E-state index in [1.165, 1.54) is 0 Å². The molecule has 1 aromatic heterocycles. The zero-order valence-electron chi connectivity index (χ0n) is 13.9. The Balaban J connectivity index is 1.76. The lowest BCUT2D eigenvalue weighted by Crippen LogP contribution is -2.30. The predicted molar refractivity (Wildman–Crippen MR) is 90.0 cm³/mol. The maximum atomic E-state index is 12.1. The van der Waals surface area contributed by atoms with E-state index in [0.717, 1.165) is 35.8 Å². The molecule has 2 N–H and O–H groups in total. The SMILES string of the molecule is Cc1c(OCC(=O)NCCC(=O)O)ccc2c3c(c(=O)oc12)CCC3. The molecule has 0 fully saturated rings. The third-order valence-electron chi connectivity index (χ3n) is 4.36. The molecule has 0 aliphatic heterocycles.